The molecule has 2 aromatic heterocycles. The lowest BCUT2D eigenvalue weighted by Crippen LogP contribution is -2.49. The van der Waals surface area contributed by atoms with Crippen LogP contribution in [0.15, 0.2) is 22.0 Å². The average Bonchev–Trinajstić information content (AvgIpc) is 3.27. The van der Waals surface area contributed by atoms with Crippen LogP contribution in [0.5, 0.6) is 0 Å². The van der Waals surface area contributed by atoms with E-state index in [1.165, 1.54) is 0 Å². The second-order valence-corrected chi connectivity index (χ2v) is 6.80. The Morgan fingerprint density at radius 2 is 2.17 bits per heavy atom. The molecule has 130 valence electrons. The summed E-state index contributed by atoms with van der Waals surface area (Å²) >= 11 is 1.61. The number of piperazine rings is 1. The number of aryl methyl sites for hydroxylation is 1. The molecule has 0 unspecified atom stereocenters. The third-order valence-corrected chi connectivity index (χ3v) is 5.02. The number of carbonyl (C=O) groups excluding carboxylic acids is 1. The van der Waals surface area contributed by atoms with Gasteiger partial charge in [-0.05, 0) is 24.4 Å². The van der Waals surface area contributed by atoms with E-state index in [-0.39, 0.29) is 5.91 Å². The Kier molecular flexibility index (Phi) is 5.95. The van der Waals surface area contributed by atoms with E-state index >= 15 is 0 Å². The summed E-state index contributed by atoms with van der Waals surface area (Å²) in [7, 11) is 0. The fourth-order valence-electron chi connectivity index (χ4n) is 2.82. The highest BCUT2D eigenvalue weighted by molar-refractivity contribution is 7.13. The maximum Gasteiger partial charge on any atom is 0.227 e. The summed E-state index contributed by atoms with van der Waals surface area (Å²) in [5.74, 6) is 1.53. The second-order valence-electron chi connectivity index (χ2n) is 5.85. The van der Waals surface area contributed by atoms with Crippen molar-refractivity contribution in [2.75, 3.05) is 39.3 Å². The molecule has 0 aliphatic carbocycles. The number of carbonyl (C=O) groups is 1. The zero-order valence-corrected chi connectivity index (χ0v) is 14.5. The monoisotopic (exact) mass is 349 g/mol. The minimum Gasteiger partial charge on any atom is -0.340 e. The van der Waals surface area contributed by atoms with Crippen molar-refractivity contribution < 1.29 is 9.32 Å². The summed E-state index contributed by atoms with van der Waals surface area (Å²) in [6, 6.07) is 3.97. The molecule has 0 saturated carbocycles. The Morgan fingerprint density at radius 1 is 1.33 bits per heavy atom. The van der Waals surface area contributed by atoms with Gasteiger partial charge in [-0.25, -0.2) is 0 Å². The number of hydrogen-bond acceptors (Lipinski definition) is 7. The van der Waals surface area contributed by atoms with Crippen molar-refractivity contribution >= 4 is 17.2 Å². The number of nitrogens with zero attached hydrogens (tertiary/aromatic N) is 4. The molecule has 1 saturated heterocycles. The van der Waals surface area contributed by atoms with Gasteiger partial charge in [0.2, 0.25) is 17.6 Å². The number of thiophene rings is 1. The van der Waals surface area contributed by atoms with E-state index in [0.29, 0.717) is 24.7 Å². The first kappa shape index (κ1) is 17.1. The number of rotatable bonds is 7. The molecule has 2 aromatic rings. The predicted molar refractivity (Wildman–Crippen MR) is 92.6 cm³/mol. The van der Waals surface area contributed by atoms with Crippen LogP contribution in [-0.2, 0) is 11.2 Å². The van der Waals surface area contributed by atoms with Crippen molar-refractivity contribution in [1.82, 2.24) is 19.9 Å². The molecular weight excluding hydrogens is 326 g/mol. The number of hydrogen-bond donors (Lipinski definition) is 1. The molecule has 0 aromatic carbocycles. The minimum atomic E-state index is 0.170. The van der Waals surface area contributed by atoms with Gasteiger partial charge in [-0.1, -0.05) is 11.2 Å². The van der Waals surface area contributed by atoms with Crippen molar-refractivity contribution in [3.63, 3.8) is 0 Å². The first-order valence-electron chi connectivity index (χ1n) is 8.33. The van der Waals surface area contributed by atoms with Crippen LogP contribution in [0.2, 0.25) is 0 Å². The zero-order chi connectivity index (χ0) is 16.8. The molecule has 2 N–H and O–H groups in total. The summed E-state index contributed by atoms with van der Waals surface area (Å²) in [6.45, 7) is 4.83. The molecular formula is C16H23N5O2S. The molecule has 1 fully saturated rings. The molecule has 7 nitrogen and oxygen atoms in total. The van der Waals surface area contributed by atoms with Gasteiger partial charge in [0.05, 0.1) is 4.88 Å². The van der Waals surface area contributed by atoms with Crippen LogP contribution in [0.25, 0.3) is 10.7 Å². The highest BCUT2D eigenvalue weighted by Gasteiger charge is 2.20. The van der Waals surface area contributed by atoms with Gasteiger partial charge in [0, 0.05) is 45.6 Å². The van der Waals surface area contributed by atoms with Crippen molar-refractivity contribution in [2.24, 2.45) is 5.73 Å². The Labute approximate surface area is 145 Å². The molecule has 0 radical (unpaired) electrons. The SMILES string of the molecule is NCCC(=O)N1CCN(CCCc2nc(-c3cccs3)no2)CC1. The molecule has 0 bridgehead atoms. The summed E-state index contributed by atoms with van der Waals surface area (Å²) in [5, 5.41) is 6.03. The number of aromatic nitrogens is 2. The number of amides is 1. The lowest BCUT2D eigenvalue weighted by atomic mass is 10.2. The Hall–Kier alpha value is -1.77. The standard InChI is InChI=1S/C16H23N5O2S/c17-6-5-15(22)21-10-8-20(9-11-21)7-1-4-14-18-16(19-23-14)13-3-2-12-24-13/h2-3,12H,1,4-11,17H2. The zero-order valence-electron chi connectivity index (χ0n) is 13.7. The van der Waals surface area contributed by atoms with Crippen LogP contribution in [0, 0.1) is 0 Å². The summed E-state index contributed by atoms with van der Waals surface area (Å²) in [4.78, 5) is 21.6. The van der Waals surface area contributed by atoms with Crippen molar-refractivity contribution in [3.8, 4) is 10.7 Å². The molecule has 1 aliphatic rings. The minimum absolute atomic E-state index is 0.170. The van der Waals surface area contributed by atoms with Crippen LogP contribution in [0.4, 0.5) is 0 Å². The fraction of sp³-hybridized carbons (Fsp3) is 0.562. The summed E-state index contributed by atoms with van der Waals surface area (Å²) < 4.78 is 5.32. The van der Waals surface area contributed by atoms with Crippen molar-refractivity contribution in [2.45, 2.75) is 19.3 Å². The van der Waals surface area contributed by atoms with Gasteiger partial charge in [0.1, 0.15) is 0 Å². The van der Waals surface area contributed by atoms with Crippen molar-refractivity contribution in [1.29, 1.82) is 0 Å². The maximum atomic E-state index is 11.8. The van der Waals surface area contributed by atoms with Gasteiger partial charge in [-0.2, -0.15) is 4.98 Å². The van der Waals surface area contributed by atoms with Crippen LogP contribution >= 0.6 is 11.3 Å². The van der Waals surface area contributed by atoms with Gasteiger partial charge >= 0.3 is 0 Å². The van der Waals surface area contributed by atoms with E-state index < -0.39 is 0 Å². The van der Waals surface area contributed by atoms with E-state index in [1.807, 2.05) is 22.4 Å². The van der Waals surface area contributed by atoms with E-state index in [1.54, 1.807) is 11.3 Å². The van der Waals surface area contributed by atoms with E-state index in [9.17, 15) is 4.79 Å². The molecule has 3 heterocycles. The van der Waals surface area contributed by atoms with E-state index in [4.69, 9.17) is 10.3 Å². The number of nitrogens with two attached hydrogens (primary N) is 1. The lowest BCUT2D eigenvalue weighted by Gasteiger charge is -2.34. The Balaban J connectivity index is 1.38. The first-order chi connectivity index (χ1) is 11.8. The predicted octanol–water partition coefficient (Wildman–Crippen LogP) is 1.22. The fourth-order valence-corrected chi connectivity index (χ4v) is 3.47. The second kappa shape index (κ2) is 8.36. The molecule has 24 heavy (non-hydrogen) atoms. The van der Waals surface area contributed by atoms with Crippen LogP contribution in [-0.4, -0.2) is 65.1 Å². The summed E-state index contributed by atoms with van der Waals surface area (Å²) in [6.07, 6.45) is 2.21. The van der Waals surface area contributed by atoms with Crippen LogP contribution in [0.3, 0.4) is 0 Å². The molecule has 1 aliphatic heterocycles. The molecule has 3 rings (SSSR count). The third-order valence-electron chi connectivity index (χ3n) is 4.16. The third kappa shape index (κ3) is 4.40. The van der Waals surface area contributed by atoms with Crippen LogP contribution < -0.4 is 5.73 Å². The molecule has 0 spiro atoms. The highest BCUT2D eigenvalue weighted by atomic mass is 32.1. The van der Waals surface area contributed by atoms with Gasteiger partial charge < -0.3 is 15.2 Å². The maximum absolute atomic E-state index is 11.8. The molecule has 1 amide bonds. The van der Waals surface area contributed by atoms with Gasteiger partial charge in [-0.15, -0.1) is 11.3 Å². The molecule has 8 heteroatoms. The van der Waals surface area contributed by atoms with Gasteiger partial charge in [0.15, 0.2) is 0 Å². The van der Waals surface area contributed by atoms with Crippen LogP contribution in [0.1, 0.15) is 18.7 Å². The average molecular weight is 349 g/mol. The largest absolute Gasteiger partial charge is 0.340 e. The van der Waals surface area contributed by atoms with Crippen molar-refractivity contribution in [3.05, 3.63) is 23.4 Å². The van der Waals surface area contributed by atoms with E-state index in [0.717, 1.165) is 50.4 Å². The Morgan fingerprint density at radius 3 is 2.88 bits per heavy atom. The highest BCUT2D eigenvalue weighted by Crippen LogP contribution is 2.21. The topological polar surface area (TPSA) is 88.5 Å². The quantitative estimate of drug-likeness (QED) is 0.809. The van der Waals surface area contributed by atoms with Gasteiger partial charge in [-0.3, -0.25) is 9.69 Å². The summed E-state index contributed by atoms with van der Waals surface area (Å²) in [5.41, 5.74) is 5.44. The van der Waals surface area contributed by atoms with E-state index in [2.05, 4.69) is 15.0 Å². The lowest BCUT2D eigenvalue weighted by molar-refractivity contribution is -0.132. The molecule has 0 atom stereocenters. The Bertz CT molecular complexity index is 635. The normalized spacial score (nSPS) is 15.8. The first-order valence-corrected chi connectivity index (χ1v) is 9.21. The van der Waals surface area contributed by atoms with Gasteiger partial charge in [0.25, 0.3) is 0 Å². The smallest absolute Gasteiger partial charge is 0.227 e.